The number of carbonyl (C=O) groups is 1. The van der Waals surface area contributed by atoms with Gasteiger partial charge >= 0.3 is 0 Å². The Hall–Kier alpha value is -3.08. The predicted molar refractivity (Wildman–Crippen MR) is 122 cm³/mol. The third-order valence-electron chi connectivity index (χ3n) is 4.73. The summed E-state index contributed by atoms with van der Waals surface area (Å²) in [5, 5.41) is 3.22. The zero-order valence-corrected chi connectivity index (χ0v) is 18.1. The van der Waals surface area contributed by atoms with E-state index in [1.54, 1.807) is 36.7 Å². The Balaban J connectivity index is 1.75. The molecule has 0 spiro atoms. The highest BCUT2D eigenvalue weighted by molar-refractivity contribution is 14.1. The van der Waals surface area contributed by atoms with Gasteiger partial charge in [0.2, 0.25) is 0 Å². The number of nitrogens with zero attached hydrogens (tertiary/aromatic N) is 3. The molecule has 152 valence electrons. The average molecular weight is 516 g/mol. The Morgan fingerprint density at radius 1 is 1.23 bits per heavy atom. The van der Waals surface area contributed by atoms with Gasteiger partial charge in [-0.25, -0.2) is 19.3 Å². The molecule has 7 nitrogen and oxygen atoms in total. The van der Waals surface area contributed by atoms with Crippen molar-refractivity contribution in [3.63, 3.8) is 0 Å². The number of fused-ring (bicyclic) bond motifs is 1. The van der Waals surface area contributed by atoms with Crippen molar-refractivity contribution in [3.05, 3.63) is 71.4 Å². The highest BCUT2D eigenvalue weighted by Gasteiger charge is 2.17. The Labute approximate surface area is 185 Å². The summed E-state index contributed by atoms with van der Waals surface area (Å²) in [5.41, 5.74) is 10.3. The zero-order chi connectivity index (χ0) is 21.3. The minimum Gasteiger partial charge on any atom is -0.365 e. The minimum absolute atomic E-state index is 0.222. The summed E-state index contributed by atoms with van der Waals surface area (Å²) in [6.45, 7) is 1.90. The first kappa shape index (κ1) is 20.2. The van der Waals surface area contributed by atoms with Crippen molar-refractivity contribution in [2.45, 2.75) is 17.4 Å². The lowest BCUT2D eigenvalue weighted by molar-refractivity contribution is 0.100. The van der Waals surface area contributed by atoms with Crippen LogP contribution in [0.2, 0.25) is 0 Å². The smallest absolute Gasteiger partial charge is 0.252 e. The molecule has 1 amide bonds. The fourth-order valence-electron chi connectivity index (χ4n) is 3.15. The predicted octanol–water partition coefficient (Wildman–Crippen LogP) is 4.37. The Morgan fingerprint density at radius 3 is 2.70 bits per heavy atom. The molecule has 0 aliphatic carbocycles. The van der Waals surface area contributed by atoms with E-state index in [1.165, 1.54) is 12.1 Å². The first-order chi connectivity index (χ1) is 14.5. The zero-order valence-electron chi connectivity index (χ0n) is 16.0. The summed E-state index contributed by atoms with van der Waals surface area (Å²) in [7, 11) is 0. The molecule has 30 heavy (non-hydrogen) atoms. The van der Waals surface area contributed by atoms with Crippen LogP contribution in [0, 0.1) is 5.82 Å². The maximum Gasteiger partial charge on any atom is 0.252 e. The van der Waals surface area contributed by atoms with Crippen molar-refractivity contribution in [2.75, 3.05) is 5.32 Å². The quantitative estimate of drug-likeness (QED) is 0.261. The van der Waals surface area contributed by atoms with Gasteiger partial charge in [-0.2, -0.15) is 0 Å². The molecule has 3 aromatic heterocycles. The standard InChI is InChI=1S/C21H18FIN6O/c1-11(12-2-4-13(22)5-3-12)27-20-15(19(24)30)6-7-17(29-20)16-10-26-21-18(16)28-14(8-23)9-25-21/h2-7,9-11H,8H2,1H3,(H2,24,30)(H,25,26)(H,27,29)/t11-/m0/s1. The molecule has 0 saturated heterocycles. The van der Waals surface area contributed by atoms with Crippen LogP contribution in [-0.4, -0.2) is 25.8 Å². The molecule has 1 aromatic carbocycles. The summed E-state index contributed by atoms with van der Waals surface area (Å²) in [4.78, 5) is 28.7. The second-order valence-corrected chi connectivity index (χ2v) is 7.53. The van der Waals surface area contributed by atoms with Crippen molar-refractivity contribution in [1.29, 1.82) is 0 Å². The summed E-state index contributed by atoms with van der Waals surface area (Å²) in [6, 6.07) is 9.29. The van der Waals surface area contributed by atoms with Crippen molar-refractivity contribution in [1.82, 2.24) is 19.9 Å². The number of hydrogen-bond donors (Lipinski definition) is 3. The summed E-state index contributed by atoms with van der Waals surface area (Å²) in [6.07, 6.45) is 3.52. The molecule has 0 aliphatic heterocycles. The number of nitrogens with one attached hydrogen (secondary N) is 2. The van der Waals surface area contributed by atoms with E-state index in [4.69, 9.17) is 5.73 Å². The average Bonchev–Trinajstić information content (AvgIpc) is 3.17. The van der Waals surface area contributed by atoms with Crippen LogP contribution >= 0.6 is 22.6 Å². The van der Waals surface area contributed by atoms with Gasteiger partial charge in [-0.05, 0) is 36.8 Å². The van der Waals surface area contributed by atoms with Gasteiger partial charge in [-0.3, -0.25) is 4.79 Å². The Kier molecular flexibility index (Phi) is 5.62. The molecule has 9 heteroatoms. The van der Waals surface area contributed by atoms with Gasteiger partial charge in [0.1, 0.15) is 17.2 Å². The van der Waals surface area contributed by atoms with Crippen LogP contribution in [0.1, 0.15) is 34.6 Å². The van der Waals surface area contributed by atoms with E-state index < -0.39 is 5.91 Å². The SMILES string of the molecule is C[C@H](Nc1nc(-c2c[nH]c3ncc(CI)nc23)ccc1C(N)=O)c1ccc(F)cc1. The molecule has 0 unspecified atom stereocenters. The van der Waals surface area contributed by atoms with E-state index in [0.717, 1.165) is 21.2 Å². The van der Waals surface area contributed by atoms with Gasteiger partial charge < -0.3 is 16.0 Å². The number of halogens is 2. The number of alkyl halides is 1. The number of carbonyl (C=O) groups excluding carboxylic acids is 1. The molecule has 0 bridgehead atoms. The van der Waals surface area contributed by atoms with Crippen LogP contribution < -0.4 is 11.1 Å². The van der Waals surface area contributed by atoms with E-state index in [1.807, 2.05) is 6.92 Å². The Morgan fingerprint density at radius 2 is 2.00 bits per heavy atom. The number of benzene rings is 1. The maximum atomic E-state index is 13.2. The number of pyridine rings is 1. The maximum absolute atomic E-state index is 13.2. The molecule has 0 saturated carbocycles. The minimum atomic E-state index is -0.589. The number of aromatic amines is 1. The molecule has 0 aliphatic rings. The molecular weight excluding hydrogens is 498 g/mol. The van der Waals surface area contributed by atoms with Crippen LogP contribution in [0.15, 0.2) is 48.8 Å². The lowest BCUT2D eigenvalue weighted by Gasteiger charge is -2.17. The Bertz CT molecular complexity index is 1220. The van der Waals surface area contributed by atoms with Gasteiger partial charge in [-0.15, -0.1) is 0 Å². The highest BCUT2D eigenvalue weighted by Crippen LogP contribution is 2.29. The van der Waals surface area contributed by atoms with Crippen LogP contribution in [0.3, 0.4) is 0 Å². The number of rotatable bonds is 6. The molecule has 4 rings (SSSR count). The second-order valence-electron chi connectivity index (χ2n) is 6.77. The van der Waals surface area contributed by atoms with E-state index in [0.29, 0.717) is 22.7 Å². The topological polar surface area (TPSA) is 110 Å². The van der Waals surface area contributed by atoms with E-state index in [9.17, 15) is 9.18 Å². The van der Waals surface area contributed by atoms with Crippen molar-refractivity contribution >= 4 is 45.5 Å². The van der Waals surface area contributed by atoms with Crippen molar-refractivity contribution in [2.24, 2.45) is 5.73 Å². The van der Waals surface area contributed by atoms with Gasteiger partial charge in [0, 0.05) is 22.2 Å². The number of anilines is 1. The molecule has 0 radical (unpaired) electrons. The molecule has 4 aromatic rings. The van der Waals surface area contributed by atoms with Gasteiger partial charge in [-0.1, -0.05) is 34.7 Å². The first-order valence-corrected chi connectivity index (χ1v) is 10.7. The van der Waals surface area contributed by atoms with Gasteiger partial charge in [0.15, 0.2) is 5.65 Å². The van der Waals surface area contributed by atoms with Crippen molar-refractivity contribution in [3.8, 4) is 11.3 Å². The van der Waals surface area contributed by atoms with Crippen LogP contribution in [-0.2, 0) is 4.43 Å². The highest BCUT2D eigenvalue weighted by atomic mass is 127. The third-order valence-corrected chi connectivity index (χ3v) is 5.51. The van der Waals surface area contributed by atoms with E-state index in [-0.39, 0.29) is 17.4 Å². The fraction of sp³-hybridized carbons (Fsp3) is 0.143. The number of nitrogens with two attached hydrogens (primary N) is 1. The first-order valence-electron chi connectivity index (χ1n) is 9.18. The summed E-state index contributed by atoms with van der Waals surface area (Å²) < 4.78 is 14.0. The number of primary amides is 1. The fourth-order valence-corrected chi connectivity index (χ4v) is 3.51. The van der Waals surface area contributed by atoms with Gasteiger partial charge in [0.25, 0.3) is 5.91 Å². The second kappa shape index (κ2) is 8.34. The van der Waals surface area contributed by atoms with Crippen LogP contribution in [0.4, 0.5) is 10.2 Å². The summed E-state index contributed by atoms with van der Waals surface area (Å²) in [5.74, 6) is -0.548. The van der Waals surface area contributed by atoms with E-state index in [2.05, 4.69) is 47.8 Å². The largest absolute Gasteiger partial charge is 0.365 e. The van der Waals surface area contributed by atoms with Gasteiger partial charge in [0.05, 0.1) is 23.1 Å². The number of hydrogen-bond acceptors (Lipinski definition) is 5. The van der Waals surface area contributed by atoms with Crippen LogP contribution in [0.5, 0.6) is 0 Å². The molecule has 1 atom stereocenters. The van der Waals surface area contributed by atoms with E-state index >= 15 is 0 Å². The molecule has 3 heterocycles. The van der Waals surface area contributed by atoms with Crippen LogP contribution in [0.25, 0.3) is 22.4 Å². The monoisotopic (exact) mass is 516 g/mol. The normalized spacial score (nSPS) is 12.1. The number of H-pyrrole nitrogens is 1. The summed E-state index contributed by atoms with van der Waals surface area (Å²) >= 11 is 2.23. The lowest BCUT2D eigenvalue weighted by atomic mass is 10.1. The molecule has 4 N–H and O–H groups in total. The lowest BCUT2D eigenvalue weighted by Crippen LogP contribution is -2.17. The number of aromatic nitrogens is 4. The number of amides is 1. The molecular formula is C21H18FIN6O. The van der Waals surface area contributed by atoms with Crippen molar-refractivity contribution < 1.29 is 9.18 Å². The third kappa shape index (κ3) is 3.97. The molecule has 0 fully saturated rings.